The lowest BCUT2D eigenvalue weighted by Gasteiger charge is -2.39. The van der Waals surface area contributed by atoms with Crippen LogP contribution in [0.1, 0.15) is 51.0 Å². The van der Waals surface area contributed by atoms with E-state index in [2.05, 4.69) is 39.3 Å². The summed E-state index contributed by atoms with van der Waals surface area (Å²) < 4.78 is 5.12. The summed E-state index contributed by atoms with van der Waals surface area (Å²) in [6.07, 6.45) is 3.02. The quantitative estimate of drug-likeness (QED) is 0.693. The van der Waals surface area contributed by atoms with Crippen LogP contribution in [0.3, 0.4) is 0 Å². The number of carbonyl (C=O) groups is 2. The monoisotopic (exact) mass is 425 g/mol. The molecule has 2 amide bonds. The molecule has 3 N–H and O–H groups in total. The number of aromatic nitrogens is 2. The van der Waals surface area contributed by atoms with Gasteiger partial charge in [-0.3, -0.25) is 19.4 Å². The largest absolute Gasteiger partial charge is 0.497 e. The predicted molar refractivity (Wildman–Crippen MR) is 118 cm³/mol. The van der Waals surface area contributed by atoms with Crippen molar-refractivity contribution in [2.24, 2.45) is 0 Å². The highest BCUT2D eigenvalue weighted by atomic mass is 16.5. The van der Waals surface area contributed by atoms with Crippen LogP contribution >= 0.6 is 0 Å². The first-order valence-electron chi connectivity index (χ1n) is 10.5. The zero-order valence-corrected chi connectivity index (χ0v) is 17.9. The predicted octanol–water partition coefficient (Wildman–Crippen LogP) is 2.61. The van der Waals surface area contributed by atoms with E-state index in [1.165, 1.54) is 0 Å². The first-order chi connectivity index (χ1) is 14.9. The van der Waals surface area contributed by atoms with Crippen LogP contribution < -0.4 is 25.8 Å². The zero-order valence-electron chi connectivity index (χ0n) is 17.9. The molecule has 164 valence electrons. The number of nitrogens with zero attached hydrogens (tertiary/aromatic N) is 2. The number of aromatic amines is 1. The number of amides is 2. The lowest BCUT2D eigenvalue weighted by molar-refractivity contribution is -0.123. The summed E-state index contributed by atoms with van der Waals surface area (Å²) in [5.74, 6) is -0.441. The van der Waals surface area contributed by atoms with Gasteiger partial charge in [-0.2, -0.15) is 4.98 Å². The number of carbonyl (C=O) groups excluding carboxylic acids is 2. The van der Waals surface area contributed by atoms with Crippen LogP contribution in [0.4, 0.5) is 17.5 Å². The molecule has 31 heavy (non-hydrogen) atoms. The maximum atomic E-state index is 13.0. The molecule has 9 heteroatoms. The molecular formula is C22H27N5O4. The van der Waals surface area contributed by atoms with E-state index in [1.54, 1.807) is 31.4 Å². The third-order valence-electron chi connectivity index (χ3n) is 6.05. The minimum atomic E-state index is -0.924. The average Bonchev–Trinajstić information content (AvgIpc) is 2.73. The molecular weight excluding hydrogens is 398 g/mol. The number of benzene rings is 1. The lowest BCUT2D eigenvalue weighted by atomic mass is 9.92. The van der Waals surface area contributed by atoms with Crippen LogP contribution in [-0.4, -0.2) is 41.0 Å². The molecule has 3 heterocycles. The fourth-order valence-electron chi connectivity index (χ4n) is 4.45. The highest BCUT2D eigenvalue weighted by Gasteiger charge is 2.36. The molecule has 2 aromatic rings. The molecule has 1 saturated heterocycles. The van der Waals surface area contributed by atoms with E-state index in [0.29, 0.717) is 17.4 Å². The standard InChI is InChI=1S/C22H27N5O4/c1-12-5-4-6-13(2)27(12)22-25-19-18(21(30)26-22)16(11-17(28)24-19)20(29)23-14-7-9-15(31-3)10-8-14/h7-10,12-13,16H,4-6,11H2,1-3H3,(H,23,29)(H2,24,25,26,28,30)/t12-,13-,16+/m0/s1. The second-order valence-electron chi connectivity index (χ2n) is 8.21. The summed E-state index contributed by atoms with van der Waals surface area (Å²) in [6, 6.07) is 7.28. The lowest BCUT2D eigenvalue weighted by Crippen LogP contribution is -2.46. The minimum absolute atomic E-state index is 0.115. The SMILES string of the molecule is COc1ccc(NC(=O)[C@@H]2CC(=O)Nc3nc(N4[C@@H](C)CCC[C@@H]4C)[nH]c(=O)c32)cc1. The molecule has 3 atom stereocenters. The van der Waals surface area contributed by atoms with Gasteiger partial charge in [0.2, 0.25) is 17.8 Å². The molecule has 9 nitrogen and oxygen atoms in total. The maximum absolute atomic E-state index is 13.0. The van der Waals surface area contributed by atoms with Crippen LogP contribution in [-0.2, 0) is 9.59 Å². The smallest absolute Gasteiger partial charge is 0.258 e. The Kier molecular flexibility index (Phi) is 5.67. The Hall–Kier alpha value is -3.36. The molecule has 1 fully saturated rings. The van der Waals surface area contributed by atoms with Crippen molar-refractivity contribution in [3.05, 3.63) is 40.2 Å². The Morgan fingerprint density at radius 2 is 1.84 bits per heavy atom. The Labute approximate surface area is 180 Å². The van der Waals surface area contributed by atoms with Gasteiger partial charge in [0.1, 0.15) is 11.6 Å². The van der Waals surface area contributed by atoms with Crippen molar-refractivity contribution in [2.75, 3.05) is 22.6 Å². The topological polar surface area (TPSA) is 116 Å². The maximum Gasteiger partial charge on any atom is 0.258 e. The van der Waals surface area contributed by atoms with Crippen LogP contribution in [0.15, 0.2) is 29.1 Å². The van der Waals surface area contributed by atoms with Crippen LogP contribution in [0, 0.1) is 0 Å². The van der Waals surface area contributed by atoms with Gasteiger partial charge < -0.3 is 20.3 Å². The number of methoxy groups -OCH3 is 1. The number of hydrogen-bond acceptors (Lipinski definition) is 6. The van der Waals surface area contributed by atoms with Crippen molar-refractivity contribution in [2.45, 2.75) is 57.5 Å². The molecule has 1 aromatic carbocycles. The average molecular weight is 425 g/mol. The molecule has 0 spiro atoms. The molecule has 0 aliphatic carbocycles. The van der Waals surface area contributed by atoms with Crippen molar-refractivity contribution >= 4 is 29.3 Å². The van der Waals surface area contributed by atoms with Gasteiger partial charge in [0, 0.05) is 24.2 Å². The zero-order chi connectivity index (χ0) is 22.1. The van der Waals surface area contributed by atoms with Crippen LogP contribution in [0.25, 0.3) is 0 Å². The summed E-state index contributed by atoms with van der Waals surface area (Å²) in [5, 5.41) is 5.46. The summed E-state index contributed by atoms with van der Waals surface area (Å²) in [6.45, 7) is 4.19. The highest BCUT2D eigenvalue weighted by molar-refractivity contribution is 6.04. The van der Waals surface area contributed by atoms with Crippen molar-refractivity contribution in [1.82, 2.24) is 9.97 Å². The first-order valence-corrected chi connectivity index (χ1v) is 10.5. The van der Waals surface area contributed by atoms with E-state index in [-0.39, 0.29) is 35.8 Å². The van der Waals surface area contributed by atoms with Crippen LogP contribution in [0.2, 0.25) is 0 Å². The van der Waals surface area contributed by atoms with Gasteiger partial charge in [0.25, 0.3) is 5.56 Å². The number of H-pyrrole nitrogens is 1. The van der Waals surface area contributed by atoms with E-state index < -0.39 is 17.4 Å². The molecule has 1 aromatic heterocycles. The fourth-order valence-corrected chi connectivity index (χ4v) is 4.45. The Morgan fingerprint density at radius 3 is 2.48 bits per heavy atom. The molecule has 0 unspecified atom stereocenters. The number of hydrogen-bond donors (Lipinski definition) is 3. The third-order valence-corrected chi connectivity index (χ3v) is 6.05. The normalized spacial score (nSPS) is 23.0. The number of ether oxygens (including phenoxy) is 1. The van der Waals surface area contributed by atoms with E-state index in [0.717, 1.165) is 19.3 Å². The van der Waals surface area contributed by atoms with E-state index >= 15 is 0 Å². The molecule has 2 aliphatic rings. The van der Waals surface area contributed by atoms with Crippen molar-refractivity contribution < 1.29 is 14.3 Å². The summed E-state index contributed by atoms with van der Waals surface area (Å²) in [4.78, 5) is 47.8. The van der Waals surface area contributed by atoms with Crippen LogP contribution in [0.5, 0.6) is 5.75 Å². The summed E-state index contributed by atoms with van der Waals surface area (Å²) in [7, 11) is 1.56. The van der Waals surface area contributed by atoms with Crippen molar-refractivity contribution in [1.29, 1.82) is 0 Å². The number of anilines is 3. The number of rotatable bonds is 4. The van der Waals surface area contributed by atoms with E-state index in [9.17, 15) is 14.4 Å². The summed E-state index contributed by atoms with van der Waals surface area (Å²) in [5.41, 5.74) is 0.335. The fraction of sp³-hybridized carbons (Fsp3) is 0.455. The molecule has 0 saturated carbocycles. The van der Waals surface area contributed by atoms with Crippen molar-refractivity contribution in [3.63, 3.8) is 0 Å². The highest BCUT2D eigenvalue weighted by Crippen LogP contribution is 2.32. The number of fused-ring (bicyclic) bond motifs is 1. The van der Waals surface area contributed by atoms with Gasteiger partial charge in [0.15, 0.2) is 0 Å². The van der Waals surface area contributed by atoms with Gasteiger partial charge in [0.05, 0.1) is 18.6 Å². The Morgan fingerprint density at radius 1 is 1.16 bits per heavy atom. The number of piperidine rings is 1. The van der Waals surface area contributed by atoms with Gasteiger partial charge in [-0.05, 0) is 57.4 Å². The molecule has 4 rings (SSSR count). The van der Waals surface area contributed by atoms with E-state index in [4.69, 9.17) is 4.74 Å². The second kappa shape index (κ2) is 8.41. The summed E-state index contributed by atoms with van der Waals surface area (Å²) >= 11 is 0. The minimum Gasteiger partial charge on any atom is -0.497 e. The van der Waals surface area contributed by atoms with Gasteiger partial charge in [-0.25, -0.2) is 0 Å². The first kappa shape index (κ1) is 20.9. The van der Waals surface area contributed by atoms with Gasteiger partial charge >= 0.3 is 0 Å². The van der Waals surface area contributed by atoms with E-state index in [1.807, 2.05) is 0 Å². The molecule has 0 bridgehead atoms. The molecule has 0 radical (unpaired) electrons. The third kappa shape index (κ3) is 4.12. The van der Waals surface area contributed by atoms with Gasteiger partial charge in [-0.15, -0.1) is 0 Å². The number of nitrogens with one attached hydrogen (secondary N) is 3. The Balaban J connectivity index is 1.65. The molecule has 2 aliphatic heterocycles. The van der Waals surface area contributed by atoms with Gasteiger partial charge in [-0.1, -0.05) is 0 Å². The Bertz CT molecular complexity index is 1040. The second-order valence-corrected chi connectivity index (χ2v) is 8.21. The van der Waals surface area contributed by atoms with Crippen molar-refractivity contribution in [3.8, 4) is 5.75 Å².